The van der Waals surface area contributed by atoms with Gasteiger partial charge in [-0.15, -0.1) is 15.3 Å². The van der Waals surface area contributed by atoms with E-state index in [-0.39, 0.29) is 5.82 Å². The maximum atomic E-state index is 14.2. The van der Waals surface area contributed by atoms with E-state index in [0.717, 1.165) is 6.54 Å². The molecule has 0 aliphatic heterocycles. The molecule has 4 aromatic rings. The number of hydrogen-bond acceptors (Lipinski definition) is 5. The summed E-state index contributed by atoms with van der Waals surface area (Å²) in [6.07, 6.45) is 0. The van der Waals surface area contributed by atoms with Crippen LogP contribution in [0.3, 0.4) is 0 Å². The van der Waals surface area contributed by atoms with Gasteiger partial charge in [0.25, 0.3) is 0 Å². The summed E-state index contributed by atoms with van der Waals surface area (Å²) in [5.74, 6) is 0.697. The van der Waals surface area contributed by atoms with Crippen molar-refractivity contribution >= 4 is 11.5 Å². The third-order valence-corrected chi connectivity index (χ3v) is 4.34. The smallest absolute Gasteiger partial charge is 0.188 e. The topological polar surface area (TPSA) is 58.3 Å². The van der Waals surface area contributed by atoms with Crippen LogP contribution in [0.4, 0.5) is 10.2 Å². The molecule has 2 aromatic carbocycles. The van der Waals surface area contributed by atoms with Crippen molar-refractivity contribution in [3.8, 4) is 11.4 Å². The third kappa shape index (κ3) is 3.84. The van der Waals surface area contributed by atoms with Crippen LogP contribution >= 0.6 is 0 Å². The highest BCUT2D eigenvalue weighted by molar-refractivity contribution is 5.60. The van der Waals surface area contributed by atoms with E-state index in [0.29, 0.717) is 29.4 Å². The Morgan fingerprint density at radius 1 is 0.964 bits per heavy atom. The van der Waals surface area contributed by atoms with Gasteiger partial charge in [-0.25, -0.2) is 4.39 Å². The van der Waals surface area contributed by atoms with Gasteiger partial charge in [0, 0.05) is 13.1 Å². The van der Waals surface area contributed by atoms with Crippen LogP contribution in [-0.4, -0.2) is 38.8 Å². The first-order valence-corrected chi connectivity index (χ1v) is 9.04. The summed E-state index contributed by atoms with van der Waals surface area (Å²) < 4.78 is 15.7. The van der Waals surface area contributed by atoms with Crippen LogP contribution in [0.2, 0.25) is 0 Å². The molecule has 0 unspecified atom stereocenters. The van der Waals surface area contributed by atoms with Gasteiger partial charge in [-0.2, -0.15) is 4.52 Å². The molecule has 0 bridgehead atoms. The number of fused-ring (bicyclic) bond motifs is 1. The Kier molecular flexibility index (Phi) is 4.99. The summed E-state index contributed by atoms with van der Waals surface area (Å²) in [6.45, 7) is 1.53. The molecule has 2 heterocycles. The molecule has 0 aliphatic rings. The first kappa shape index (κ1) is 18.1. The van der Waals surface area contributed by atoms with Gasteiger partial charge in [0.2, 0.25) is 0 Å². The SMILES string of the molecule is CN(C)Cc1cccc(CNc2ccc3nnc(-c4ccccc4F)n3n2)c1. The molecule has 7 heteroatoms. The zero-order valence-electron chi connectivity index (χ0n) is 15.8. The molecule has 2 aromatic heterocycles. The second kappa shape index (κ2) is 7.74. The Morgan fingerprint density at radius 2 is 1.79 bits per heavy atom. The molecular weight excluding hydrogens is 355 g/mol. The van der Waals surface area contributed by atoms with Gasteiger partial charge in [0.15, 0.2) is 11.5 Å². The summed E-state index contributed by atoms with van der Waals surface area (Å²) >= 11 is 0. The quantitative estimate of drug-likeness (QED) is 0.557. The predicted octanol–water partition coefficient (Wildman–Crippen LogP) is 3.60. The highest BCUT2D eigenvalue weighted by Gasteiger charge is 2.13. The average Bonchev–Trinajstić information content (AvgIpc) is 3.10. The molecule has 142 valence electrons. The molecule has 0 atom stereocenters. The summed E-state index contributed by atoms with van der Waals surface area (Å²) in [5.41, 5.74) is 3.36. The molecule has 6 nitrogen and oxygen atoms in total. The van der Waals surface area contributed by atoms with Crippen LogP contribution in [0.25, 0.3) is 17.0 Å². The van der Waals surface area contributed by atoms with Crippen molar-refractivity contribution in [1.82, 2.24) is 24.7 Å². The molecule has 0 spiro atoms. The number of rotatable bonds is 6. The van der Waals surface area contributed by atoms with Crippen molar-refractivity contribution in [2.45, 2.75) is 13.1 Å². The maximum Gasteiger partial charge on any atom is 0.188 e. The first-order chi connectivity index (χ1) is 13.6. The van der Waals surface area contributed by atoms with Crippen LogP contribution in [-0.2, 0) is 13.1 Å². The fourth-order valence-electron chi connectivity index (χ4n) is 3.09. The molecular formula is C21H21FN6. The molecule has 4 rings (SSSR count). The summed E-state index contributed by atoms with van der Waals surface area (Å²) in [6, 6.07) is 18.6. The minimum Gasteiger partial charge on any atom is -0.365 e. The summed E-state index contributed by atoms with van der Waals surface area (Å²) in [5, 5.41) is 16.1. The number of nitrogens with one attached hydrogen (secondary N) is 1. The van der Waals surface area contributed by atoms with Gasteiger partial charge in [0.1, 0.15) is 11.6 Å². The Balaban J connectivity index is 1.57. The van der Waals surface area contributed by atoms with Crippen LogP contribution in [0.1, 0.15) is 11.1 Å². The molecule has 0 amide bonds. The average molecular weight is 376 g/mol. The molecule has 1 N–H and O–H groups in total. The Hall–Kier alpha value is -3.32. The minimum atomic E-state index is -0.352. The van der Waals surface area contributed by atoms with E-state index in [1.807, 2.05) is 12.1 Å². The number of benzene rings is 2. The fraction of sp³-hybridized carbons (Fsp3) is 0.190. The predicted molar refractivity (Wildman–Crippen MR) is 107 cm³/mol. The Morgan fingerprint density at radius 3 is 2.61 bits per heavy atom. The zero-order valence-corrected chi connectivity index (χ0v) is 15.8. The van der Waals surface area contributed by atoms with Crippen molar-refractivity contribution in [3.05, 3.63) is 77.6 Å². The van der Waals surface area contributed by atoms with Gasteiger partial charge in [-0.1, -0.05) is 36.4 Å². The van der Waals surface area contributed by atoms with Crippen molar-refractivity contribution in [2.75, 3.05) is 19.4 Å². The molecule has 0 saturated heterocycles. The lowest BCUT2D eigenvalue weighted by Gasteiger charge is -2.11. The van der Waals surface area contributed by atoms with Crippen molar-refractivity contribution in [1.29, 1.82) is 0 Å². The van der Waals surface area contributed by atoms with E-state index in [1.165, 1.54) is 17.2 Å². The number of nitrogens with zero attached hydrogens (tertiary/aromatic N) is 5. The second-order valence-electron chi connectivity index (χ2n) is 6.90. The van der Waals surface area contributed by atoms with Crippen LogP contribution < -0.4 is 5.32 Å². The Bertz CT molecular complexity index is 1100. The minimum absolute atomic E-state index is 0.352. The number of hydrogen-bond donors (Lipinski definition) is 1. The van der Waals surface area contributed by atoms with Gasteiger partial charge in [0.05, 0.1) is 5.56 Å². The van der Waals surface area contributed by atoms with Crippen molar-refractivity contribution < 1.29 is 4.39 Å². The van der Waals surface area contributed by atoms with E-state index in [1.54, 1.807) is 22.7 Å². The standard InChI is InChI=1S/C21H21FN6/c1-27(2)14-16-7-5-6-15(12-16)13-23-19-10-11-20-24-25-21(28(20)26-19)17-8-3-4-9-18(17)22/h3-12H,13-14H2,1-2H3,(H,23,26). The molecule has 0 fully saturated rings. The van der Waals surface area contributed by atoms with E-state index < -0.39 is 0 Å². The van der Waals surface area contributed by atoms with E-state index in [4.69, 9.17) is 0 Å². The highest BCUT2D eigenvalue weighted by Crippen LogP contribution is 2.21. The lowest BCUT2D eigenvalue weighted by atomic mass is 10.1. The normalized spacial score (nSPS) is 11.3. The summed E-state index contributed by atoms with van der Waals surface area (Å²) in [4.78, 5) is 2.14. The molecule has 0 radical (unpaired) electrons. The maximum absolute atomic E-state index is 14.2. The van der Waals surface area contributed by atoms with Crippen molar-refractivity contribution in [3.63, 3.8) is 0 Å². The van der Waals surface area contributed by atoms with Crippen LogP contribution in [0.5, 0.6) is 0 Å². The number of anilines is 1. The van der Waals surface area contributed by atoms with Crippen LogP contribution in [0.15, 0.2) is 60.7 Å². The van der Waals surface area contributed by atoms with E-state index in [9.17, 15) is 4.39 Å². The van der Waals surface area contributed by atoms with Crippen LogP contribution in [0, 0.1) is 5.82 Å². The lowest BCUT2D eigenvalue weighted by molar-refractivity contribution is 0.402. The summed E-state index contributed by atoms with van der Waals surface area (Å²) in [7, 11) is 4.10. The van der Waals surface area contributed by atoms with Gasteiger partial charge >= 0.3 is 0 Å². The fourth-order valence-corrected chi connectivity index (χ4v) is 3.09. The molecule has 0 aliphatic carbocycles. The highest BCUT2D eigenvalue weighted by atomic mass is 19.1. The largest absolute Gasteiger partial charge is 0.365 e. The number of halogens is 1. The van der Waals surface area contributed by atoms with E-state index in [2.05, 4.69) is 63.9 Å². The van der Waals surface area contributed by atoms with E-state index >= 15 is 0 Å². The second-order valence-corrected chi connectivity index (χ2v) is 6.90. The molecule has 0 saturated carbocycles. The van der Waals surface area contributed by atoms with Gasteiger partial charge < -0.3 is 10.2 Å². The zero-order chi connectivity index (χ0) is 19.5. The Labute approximate surface area is 162 Å². The number of aromatic nitrogens is 4. The van der Waals surface area contributed by atoms with Gasteiger partial charge in [-0.3, -0.25) is 0 Å². The third-order valence-electron chi connectivity index (χ3n) is 4.34. The lowest BCUT2D eigenvalue weighted by Crippen LogP contribution is -2.11. The first-order valence-electron chi connectivity index (χ1n) is 9.04. The van der Waals surface area contributed by atoms with Crippen molar-refractivity contribution in [2.24, 2.45) is 0 Å². The monoisotopic (exact) mass is 376 g/mol. The van der Waals surface area contributed by atoms with Gasteiger partial charge in [-0.05, 0) is 49.5 Å². The molecule has 28 heavy (non-hydrogen) atoms.